The topological polar surface area (TPSA) is 134 Å². The molecule has 44 heavy (non-hydrogen) atoms. The smallest absolute Gasteiger partial charge is 0.407 e. The summed E-state index contributed by atoms with van der Waals surface area (Å²) >= 11 is 0. The second kappa shape index (κ2) is 15.2. The van der Waals surface area contributed by atoms with E-state index in [2.05, 4.69) is 27.7 Å². The van der Waals surface area contributed by atoms with Crippen LogP contribution in [0, 0.1) is 5.92 Å². The molecule has 238 valence electrons. The van der Waals surface area contributed by atoms with Gasteiger partial charge >= 0.3 is 18.0 Å². The lowest BCUT2D eigenvalue weighted by Gasteiger charge is -2.31. The SMILES string of the molecule is CC(C)(C)OC(=O)CN1CCC(CC(=O)NCCCC[C@@H](NC(=O)OCC2c3ccccc3-c3ccccc32)C(=O)O)CC1. The molecule has 0 spiro atoms. The number of piperidine rings is 1. The Kier molecular flexibility index (Phi) is 11.4. The minimum Gasteiger partial charge on any atom is -0.480 e. The first-order valence-electron chi connectivity index (χ1n) is 15.6. The van der Waals surface area contributed by atoms with Crippen molar-refractivity contribution in [3.63, 3.8) is 0 Å². The molecule has 1 atom stereocenters. The molecule has 10 heteroatoms. The number of carboxylic acids is 1. The minimum absolute atomic E-state index is 0.0258. The fraction of sp³-hybridized carbons (Fsp3) is 0.529. The van der Waals surface area contributed by atoms with Crippen LogP contribution in [0.25, 0.3) is 11.1 Å². The third kappa shape index (κ3) is 9.54. The van der Waals surface area contributed by atoms with E-state index in [9.17, 15) is 24.3 Å². The van der Waals surface area contributed by atoms with Gasteiger partial charge in [0.1, 0.15) is 18.2 Å². The number of unbranched alkanes of at least 4 members (excludes halogenated alkanes) is 1. The van der Waals surface area contributed by atoms with Gasteiger partial charge in [-0.1, -0.05) is 48.5 Å². The van der Waals surface area contributed by atoms with E-state index in [-0.39, 0.29) is 43.3 Å². The van der Waals surface area contributed by atoms with E-state index in [0.717, 1.165) is 48.2 Å². The van der Waals surface area contributed by atoms with Crippen molar-refractivity contribution in [1.29, 1.82) is 0 Å². The molecule has 0 aromatic heterocycles. The van der Waals surface area contributed by atoms with Gasteiger partial charge in [-0.15, -0.1) is 0 Å². The van der Waals surface area contributed by atoms with Crippen molar-refractivity contribution in [2.45, 2.75) is 76.9 Å². The Labute approximate surface area is 259 Å². The van der Waals surface area contributed by atoms with Crippen LogP contribution in [-0.2, 0) is 23.9 Å². The summed E-state index contributed by atoms with van der Waals surface area (Å²) in [6.07, 6.45) is 2.70. The lowest BCUT2D eigenvalue weighted by Crippen LogP contribution is -2.41. The first-order valence-corrected chi connectivity index (χ1v) is 15.6. The van der Waals surface area contributed by atoms with E-state index in [4.69, 9.17) is 9.47 Å². The van der Waals surface area contributed by atoms with Gasteiger partial charge in [0.2, 0.25) is 5.91 Å². The summed E-state index contributed by atoms with van der Waals surface area (Å²) in [5.74, 6) is -1.22. The predicted octanol–water partition coefficient (Wildman–Crippen LogP) is 4.71. The molecule has 1 fully saturated rings. The molecule has 1 saturated heterocycles. The first-order chi connectivity index (χ1) is 21.0. The largest absolute Gasteiger partial charge is 0.480 e. The van der Waals surface area contributed by atoms with Gasteiger partial charge in [-0.25, -0.2) is 9.59 Å². The molecule has 0 unspecified atom stereocenters. The molecule has 2 aromatic carbocycles. The van der Waals surface area contributed by atoms with Crippen molar-refractivity contribution in [3.8, 4) is 11.1 Å². The van der Waals surface area contributed by atoms with Crippen LogP contribution in [0.5, 0.6) is 0 Å². The molecule has 3 N–H and O–H groups in total. The molecule has 1 heterocycles. The van der Waals surface area contributed by atoms with E-state index in [1.807, 2.05) is 57.2 Å². The maximum Gasteiger partial charge on any atom is 0.407 e. The molecule has 1 aliphatic carbocycles. The van der Waals surface area contributed by atoms with Crippen molar-refractivity contribution in [2.24, 2.45) is 5.92 Å². The summed E-state index contributed by atoms with van der Waals surface area (Å²) in [7, 11) is 0. The van der Waals surface area contributed by atoms with Crippen LogP contribution in [-0.4, -0.2) is 78.4 Å². The van der Waals surface area contributed by atoms with E-state index in [1.165, 1.54) is 0 Å². The van der Waals surface area contributed by atoms with Gasteiger partial charge < -0.3 is 25.2 Å². The van der Waals surface area contributed by atoms with Crippen molar-refractivity contribution in [1.82, 2.24) is 15.5 Å². The lowest BCUT2D eigenvalue weighted by molar-refractivity contribution is -0.156. The lowest BCUT2D eigenvalue weighted by atomic mass is 9.93. The number of aliphatic carboxylic acids is 1. The number of esters is 1. The van der Waals surface area contributed by atoms with Gasteiger partial charge in [0.15, 0.2) is 0 Å². The second-order valence-corrected chi connectivity index (χ2v) is 12.7. The number of carbonyl (C=O) groups excluding carboxylic acids is 3. The highest BCUT2D eigenvalue weighted by molar-refractivity contribution is 5.81. The predicted molar refractivity (Wildman–Crippen MR) is 166 cm³/mol. The third-order valence-electron chi connectivity index (χ3n) is 8.13. The average molecular weight is 608 g/mol. The Hall–Kier alpha value is -3.92. The molecule has 0 bridgehead atoms. The van der Waals surface area contributed by atoms with Crippen LogP contribution in [0.1, 0.15) is 76.3 Å². The number of likely N-dealkylation sites (tertiary alicyclic amines) is 1. The minimum atomic E-state index is -1.12. The number of ether oxygens (including phenoxy) is 2. The number of nitrogens with zero attached hydrogens (tertiary/aromatic N) is 1. The van der Waals surface area contributed by atoms with Crippen molar-refractivity contribution >= 4 is 23.9 Å². The Balaban J connectivity index is 1.11. The Morgan fingerprint density at radius 2 is 1.57 bits per heavy atom. The van der Waals surface area contributed by atoms with E-state index in [1.54, 1.807) is 0 Å². The van der Waals surface area contributed by atoms with E-state index in [0.29, 0.717) is 25.8 Å². The van der Waals surface area contributed by atoms with Crippen LogP contribution >= 0.6 is 0 Å². The van der Waals surface area contributed by atoms with Crippen LogP contribution in [0.15, 0.2) is 48.5 Å². The van der Waals surface area contributed by atoms with E-state index >= 15 is 0 Å². The number of hydrogen-bond donors (Lipinski definition) is 3. The first kappa shape index (κ1) is 33.0. The number of fused-ring (bicyclic) bond motifs is 3. The zero-order valence-electron chi connectivity index (χ0n) is 26.0. The molecule has 0 radical (unpaired) electrons. The Bertz CT molecular complexity index is 1270. The maximum absolute atomic E-state index is 12.6. The number of amides is 2. The van der Waals surface area contributed by atoms with Crippen molar-refractivity contribution in [2.75, 3.05) is 32.8 Å². The maximum atomic E-state index is 12.6. The third-order valence-corrected chi connectivity index (χ3v) is 8.13. The number of alkyl carbamates (subject to hydrolysis) is 1. The highest BCUT2D eigenvalue weighted by Crippen LogP contribution is 2.44. The standard InChI is InChI=1S/C34H45N3O7/c1-34(2,3)44-31(39)21-37-18-15-23(16-19-37)20-30(38)35-17-9-8-14-29(32(40)41)36-33(42)43-22-28-26-12-6-4-10-24(26)25-11-5-7-13-27(25)28/h4-7,10-13,23,28-29H,8-9,14-22H2,1-3H3,(H,35,38)(H,36,42)(H,40,41)/t29-/m1/s1. The summed E-state index contributed by atoms with van der Waals surface area (Å²) in [6, 6.07) is 15.0. The normalized spacial score (nSPS) is 16.0. The fourth-order valence-corrected chi connectivity index (χ4v) is 5.98. The summed E-state index contributed by atoms with van der Waals surface area (Å²) in [5.41, 5.74) is 3.91. The molecule has 2 amide bonds. The highest BCUT2D eigenvalue weighted by Gasteiger charge is 2.30. The van der Waals surface area contributed by atoms with Crippen LogP contribution < -0.4 is 10.6 Å². The molecule has 2 aromatic rings. The zero-order valence-corrected chi connectivity index (χ0v) is 26.0. The van der Waals surface area contributed by atoms with Gasteiger partial charge in [-0.05, 0) is 94.1 Å². The van der Waals surface area contributed by atoms with Crippen molar-refractivity contribution in [3.05, 3.63) is 59.7 Å². The van der Waals surface area contributed by atoms with Crippen LogP contribution in [0.4, 0.5) is 4.79 Å². The quantitative estimate of drug-likeness (QED) is 0.220. The van der Waals surface area contributed by atoms with Crippen LogP contribution in [0.2, 0.25) is 0 Å². The number of benzene rings is 2. The molecule has 0 saturated carbocycles. The molecule has 4 rings (SSSR count). The zero-order chi connectivity index (χ0) is 31.7. The number of hydrogen-bond acceptors (Lipinski definition) is 7. The van der Waals surface area contributed by atoms with Gasteiger partial charge in [0.25, 0.3) is 0 Å². The number of carboxylic acid groups (broad SMARTS) is 1. The molecule has 1 aliphatic heterocycles. The highest BCUT2D eigenvalue weighted by atomic mass is 16.6. The molecule has 10 nitrogen and oxygen atoms in total. The van der Waals surface area contributed by atoms with Gasteiger partial charge in [-0.3, -0.25) is 14.5 Å². The summed E-state index contributed by atoms with van der Waals surface area (Å²) in [5, 5.41) is 15.0. The van der Waals surface area contributed by atoms with Crippen LogP contribution in [0.3, 0.4) is 0 Å². The summed E-state index contributed by atoms with van der Waals surface area (Å²) in [6.45, 7) is 7.88. The van der Waals surface area contributed by atoms with Gasteiger partial charge in [0.05, 0.1) is 6.54 Å². The summed E-state index contributed by atoms with van der Waals surface area (Å²) in [4.78, 5) is 50.9. The second-order valence-electron chi connectivity index (χ2n) is 12.7. The number of carbonyl (C=O) groups is 4. The number of rotatable bonds is 13. The number of nitrogens with one attached hydrogen (secondary N) is 2. The van der Waals surface area contributed by atoms with Gasteiger partial charge in [0, 0.05) is 18.9 Å². The molecule has 2 aliphatic rings. The average Bonchev–Trinajstić information content (AvgIpc) is 3.29. The molecular formula is C34H45N3O7. The monoisotopic (exact) mass is 607 g/mol. The Morgan fingerprint density at radius 1 is 0.955 bits per heavy atom. The van der Waals surface area contributed by atoms with Gasteiger partial charge in [-0.2, -0.15) is 0 Å². The fourth-order valence-electron chi connectivity index (χ4n) is 5.98. The summed E-state index contributed by atoms with van der Waals surface area (Å²) < 4.78 is 10.9. The Morgan fingerprint density at radius 3 is 2.16 bits per heavy atom. The molecular weight excluding hydrogens is 562 g/mol. The van der Waals surface area contributed by atoms with Crippen molar-refractivity contribution < 1.29 is 33.8 Å². The van der Waals surface area contributed by atoms with E-state index < -0.39 is 23.7 Å².